The zero-order valence-electron chi connectivity index (χ0n) is 15.6. The molecule has 0 aliphatic carbocycles. The summed E-state index contributed by atoms with van der Waals surface area (Å²) < 4.78 is 0. The van der Waals surface area contributed by atoms with E-state index in [9.17, 15) is 4.79 Å². The molecule has 28 heavy (non-hydrogen) atoms. The first kappa shape index (κ1) is 18.7. The molecule has 1 amide bonds. The Hall–Kier alpha value is -2.70. The number of carbonyl (C=O) groups excluding carboxylic acids is 1. The minimum Gasteiger partial charge on any atom is -0.325 e. The standard InChI is InChI=1S/C22H19N3OS2/c1-14-8-9-16(10-15(14)2)18-11-27-21-20(18)22(24-13-23-21)28-12-19(26)25-17-6-4-3-5-7-17/h3-11,13H,12H2,1-2H3,(H,25,26). The summed E-state index contributed by atoms with van der Waals surface area (Å²) in [5.74, 6) is 0.245. The molecule has 1 N–H and O–H groups in total. The lowest BCUT2D eigenvalue weighted by Crippen LogP contribution is -2.14. The molecule has 140 valence electrons. The van der Waals surface area contributed by atoms with E-state index in [0.29, 0.717) is 5.75 Å². The van der Waals surface area contributed by atoms with E-state index < -0.39 is 0 Å². The molecule has 2 aromatic carbocycles. The summed E-state index contributed by atoms with van der Waals surface area (Å²) in [7, 11) is 0. The van der Waals surface area contributed by atoms with Gasteiger partial charge in [0.2, 0.25) is 5.91 Å². The number of fused-ring (bicyclic) bond motifs is 1. The Balaban J connectivity index is 1.60. The number of rotatable bonds is 5. The van der Waals surface area contributed by atoms with Crippen LogP contribution in [-0.4, -0.2) is 21.6 Å². The molecule has 0 radical (unpaired) electrons. The van der Waals surface area contributed by atoms with Crippen molar-refractivity contribution in [2.45, 2.75) is 18.9 Å². The predicted molar refractivity (Wildman–Crippen MR) is 118 cm³/mol. The van der Waals surface area contributed by atoms with Crippen LogP contribution in [0.4, 0.5) is 5.69 Å². The van der Waals surface area contributed by atoms with Crippen molar-refractivity contribution in [1.82, 2.24) is 9.97 Å². The largest absolute Gasteiger partial charge is 0.325 e. The number of nitrogens with one attached hydrogen (secondary N) is 1. The molecule has 0 saturated heterocycles. The maximum absolute atomic E-state index is 12.3. The number of nitrogens with zero attached hydrogens (tertiary/aromatic N) is 2. The molecule has 4 aromatic rings. The number of thiophene rings is 1. The highest BCUT2D eigenvalue weighted by atomic mass is 32.2. The Kier molecular flexibility index (Phi) is 5.41. The Morgan fingerprint density at radius 2 is 1.89 bits per heavy atom. The van der Waals surface area contributed by atoms with E-state index in [4.69, 9.17) is 0 Å². The van der Waals surface area contributed by atoms with Crippen LogP contribution in [0.15, 0.2) is 65.3 Å². The molecular weight excluding hydrogens is 386 g/mol. The van der Waals surface area contributed by atoms with E-state index in [-0.39, 0.29) is 5.91 Å². The van der Waals surface area contributed by atoms with Crippen LogP contribution in [-0.2, 0) is 4.79 Å². The lowest BCUT2D eigenvalue weighted by Gasteiger charge is -2.08. The van der Waals surface area contributed by atoms with Gasteiger partial charge in [-0.05, 0) is 42.7 Å². The summed E-state index contributed by atoms with van der Waals surface area (Å²) in [6, 6.07) is 15.9. The monoisotopic (exact) mass is 405 g/mol. The maximum Gasteiger partial charge on any atom is 0.234 e. The number of amides is 1. The summed E-state index contributed by atoms with van der Waals surface area (Å²) in [4.78, 5) is 22.1. The van der Waals surface area contributed by atoms with Gasteiger partial charge < -0.3 is 5.32 Å². The molecule has 0 aliphatic rings. The van der Waals surface area contributed by atoms with Crippen LogP contribution in [0.25, 0.3) is 21.3 Å². The molecule has 0 unspecified atom stereocenters. The van der Waals surface area contributed by atoms with E-state index in [2.05, 4.69) is 52.7 Å². The first-order valence-corrected chi connectivity index (χ1v) is 10.8. The number of benzene rings is 2. The highest BCUT2D eigenvalue weighted by Gasteiger charge is 2.15. The van der Waals surface area contributed by atoms with Gasteiger partial charge in [0.05, 0.1) is 11.1 Å². The number of hydrogen-bond acceptors (Lipinski definition) is 5. The number of carbonyl (C=O) groups is 1. The lowest BCUT2D eigenvalue weighted by atomic mass is 10.0. The fourth-order valence-corrected chi connectivity index (χ4v) is 4.72. The van der Waals surface area contributed by atoms with Gasteiger partial charge in [-0.3, -0.25) is 4.79 Å². The molecule has 0 spiro atoms. The van der Waals surface area contributed by atoms with Crippen LogP contribution >= 0.6 is 23.1 Å². The highest BCUT2D eigenvalue weighted by Crippen LogP contribution is 2.38. The first-order valence-electron chi connectivity index (χ1n) is 8.89. The van der Waals surface area contributed by atoms with Crippen molar-refractivity contribution >= 4 is 44.9 Å². The van der Waals surface area contributed by atoms with Gasteiger partial charge in [0, 0.05) is 16.6 Å². The summed E-state index contributed by atoms with van der Waals surface area (Å²) in [5, 5.41) is 6.89. The molecule has 0 atom stereocenters. The first-order chi connectivity index (χ1) is 13.6. The molecule has 4 rings (SSSR count). The van der Waals surface area contributed by atoms with Crippen LogP contribution in [0.1, 0.15) is 11.1 Å². The predicted octanol–water partition coefficient (Wildman–Crippen LogP) is 5.71. The molecule has 0 saturated carbocycles. The lowest BCUT2D eigenvalue weighted by molar-refractivity contribution is -0.113. The molecule has 2 aromatic heterocycles. The van der Waals surface area contributed by atoms with Crippen molar-refractivity contribution in [3.63, 3.8) is 0 Å². The van der Waals surface area contributed by atoms with Crippen LogP contribution in [0, 0.1) is 13.8 Å². The van der Waals surface area contributed by atoms with E-state index in [1.165, 1.54) is 22.9 Å². The molecule has 4 nitrogen and oxygen atoms in total. The van der Waals surface area contributed by atoms with Crippen molar-refractivity contribution in [3.8, 4) is 11.1 Å². The zero-order chi connectivity index (χ0) is 19.5. The fraction of sp³-hybridized carbons (Fsp3) is 0.136. The molecule has 0 bridgehead atoms. The average Bonchev–Trinajstić information content (AvgIpc) is 3.14. The molecule has 0 aliphatic heterocycles. The van der Waals surface area contributed by atoms with Crippen molar-refractivity contribution < 1.29 is 4.79 Å². The molecule has 6 heteroatoms. The third-order valence-electron chi connectivity index (χ3n) is 4.55. The number of thioether (sulfide) groups is 1. The van der Waals surface area contributed by atoms with Crippen molar-refractivity contribution in [3.05, 3.63) is 71.4 Å². The van der Waals surface area contributed by atoms with Gasteiger partial charge in [0.1, 0.15) is 16.2 Å². The Morgan fingerprint density at radius 1 is 1.07 bits per heavy atom. The van der Waals surface area contributed by atoms with Crippen molar-refractivity contribution in [1.29, 1.82) is 0 Å². The zero-order valence-corrected chi connectivity index (χ0v) is 17.2. The number of anilines is 1. The smallest absolute Gasteiger partial charge is 0.234 e. The number of hydrogen-bond donors (Lipinski definition) is 1. The van der Waals surface area contributed by atoms with Gasteiger partial charge in [-0.15, -0.1) is 11.3 Å². The number of para-hydroxylation sites is 1. The van der Waals surface area contributed by atoms with Gasteiger partial charge in [-0.1, -0.05) is 48.2 Å². The van der Waals surface area contributed by atoms with Gasteiger partial charge in [0.25, 0.3) is 0 Å². The van der Waals surface area contributed by atoms with Crippen LogP contribution in [0.3, 0.4) is 0 Å². The average molecular weight is 406 g/mol. The third-order valence-corrected chi connectivity index (χ3v) is 6.43. The van der Waals surface area contributed by atoms with E-state index in [0.717, 1.165) is 32.1 Å². The Labute approximate surface area is 172 Å². The summed E-state index contributed by atoms with van der Waals surface area (Å²) >= 11 is 3.05. The number of aryl methyl sites for hydroxylation is 2. The van der Waals surface area contributed by atoms with Crippen molar-refractivity contribution in [2.75, 3.05) is 11.1 Å². The minimum absolute atomic E-state index is 0.0501. The van der Waals surface area contributed by atoms with Gasteiger partial charge in [-0.2, -0.15) is 0 Å². The van der Waals surface area contributed by atoms with Crippen LogP contribution in [0.5, 0.6) is 0 Å². The van der Waals surface area contributed by atoms with E-state index in [1.54, 1.807) is 17.7 Å². The van der Waals surface area contributed by atoms with Crippen LogP contribution in [0.2, 0.25) is 0 Å². The highest BCUT2D eigenvalue weighted by molar-refractivity contribution is 8.00. The summed E-state index contributed by atoms with van der Waals surface area (Å²) in [6.07, 6.45) is 1.57. The minimum atomic E-state index is -0.0501. The van der Waals surface area contributed by atoms with Gasteiger partial charge in [-0.25, -0.2) is 9.97 Å². The van der Waals surface area contributed by atoms with Gasteiger partial charge >= 0.3 is 0 Å². The summed E-state index contributed by atoms with van der Waals surface area (Å²) in [6.45, 7) is 4.23. The molecule has 0 fully saturated rings. The fourth-order valence-electron chi connectivity index (χ4n) is 2.93. The van der Waals surface area contributed by atoms with Crippen LogP contribution < -0.4 is 5.32 Å². The SMILES string of the molecule is Cc1ccc(-c2csc3ncnc(SCC(=O)Nc4ccccc4)c23)cc1C. The van der Waals surface area contributed by atoms with E-state index in [1.807, 2.05) is 30.3 Å². The number of aromatic nitrogens is 2. The van der Waals surface area contributed by atoms with E-state index >= 15 is 0 Å². The second-order valence-corrected chi connectivity index (χ2v) is 8.33. The Bertz CT molecular complexity index is 1140. The van der Waals surface area contributed by atoms with Crippen molar-refractivity contribution in [2.24, 2.45) is 0 Å². The normalized spacial score (nSPS) is 10.9. The molecule has 2 heterocycles. The second kappa shape index (κ2) is 8.12. The second-order valence-electron chi connectivity index (χ2n) is 6.51. The quantitative estimate of drug-likeness (QED) is 0.341. The molecular formula is C22H19N3OS2. The Morgan fingerprint density at radius 3 is 2.68 bits per heavy atom. The third kappa shape index (κ3) is 3.93. The maximum atomic E-state index is 12.3. The topological polar surface area (TPSA) is 54.9 Å². The summed E-state index contributed by atoms with van der Waals surface area (Å²) in [5.41, 5.74) is 5.60. The van der Waals surface area contributed by atoms with Gasteiger partial charge in [0.15, 0.2) is 0 Å².